The van der Waals surface area contributed by atoms with Crippen LogP contribution in [0, 0.1) is 26.0 Å². The van der Waals surface area contributed by atoms with E-state index in [9.17, 15) is 10.2 Å². The van der Waals surface area contributed by atoms with E-state index in [4.69, 9.17) is 0 Å². The van der Waals surface area contributed by atoms with Crippen LogP contribution in [0.2, 0.25) is 0 Å². The molecule has 2 N–H and O–H groups in total. The Balaban J connectivity index is 0.000000173. The molecule has 0 aliphatic carbocycles. The van der Waals surface area contributed by atoms with E-state index < -0.39 is 0 Å². The summed E-state index contributed by atoms with van der Waals surface area (Å²) in [6.45, 7) is 3.93. The van der Waals surface area contributed by atoms with Gasteiger partial charge in [0.05, 0.1) is 17.3 Å². The molecule has 4 heterocycles. The van der Waals surface area contributed by atoms with Crippen LogP contribution in [0.4, 0.5) is 0 Å². The number of hydrogen-bond donors (Lipinski definition) is 2. The van der Waals surface area contributed by atoms with Crippen molar-refractivity contribution in [1.29, 1.82) is 0 Å². The molecular weight excluding hydrogens is 707 g/mol. The minimum atomic E-state index is 0. The second kappa shape index (κ2) is 15.7. The van der Waals surface area contributed by atoms with Crippen LogP contribution in [-0.2, 0) is 47.4 Å². The Morgan fingerprint density at radius 2 is 1.26 bits per heavy atom. The van der Waals surface area contributed by atoms with E-state index in [2.05, 4.69) is 37.1 Å². The van der Waals surface area contributed by atoms with Crippen LogP contribution in [-0.4, -0.2) is 39.3 Å². The smallest absolute Gasteiger partial charge is 0.441 e. The van der Waals surface area contributed by atoms with Gasteiger partial charge in [-0.25, -0.2) is 0 Å². The van der Waals surface area contributed by atoms with Crippen molar-refractivity contribution in [3.05, 3.63) is 120 Å². The van der Waals surface area contributed by atoms with Gasteiger partial charge < -0.3 is 29.3 Å². The van der Waals surface area contributed by atoms with E-state index in [1.165, 1.54) is 0 Å². The van der Waals surface area contributed by atoms with E-state index >= 15 is 0 Å². The first kappa shape index (κ1) is 32.3. The summed E-state index contributed by atoms with van der Waals surface area (Å²) in [5.74, 6) is 2.59. The summed E-state index contributed by atoms with van der Waals surface area (Å²) in [5.41, 5.74) is 6.01. The molecule has 0 radical (unpaired) electrons. The van der Waals surface area contributed by atoms with E-state index in [1.807, 2.05) is 104 Å². The molecule has 6 rings (SSSR count). The maximum absolute atomic E-state index is 9.20. The van der Waals surface area contributed by atoms with Crippen LogP contribution in [0.15, 0.2) is 85.6 Å². The summed E-state index contributed by atoms with van der Waals surface area (Å²) in [6, 6.07) is 23.1. The standard InChI is InChI=1S/2C12H13N2O.C8H6N3.Ir/c2*1-9-13-12(7-14(9)2)11-6-4-3-5-10(11)8-15;1-2-4-9-7(3-1)8-10-5-6-11-8;/h2*3-5,7,15H,8H2,1-2H3;1-6H;/q3*-1;+3. The van der Waals surface area contributed by atoms with Gasteiger partial charge >= 0.3 is 20.1 Å². The summed E-state index contributed by atoms with van der Waals surface area (Å²) in [7, 11) is 3.90. The van der Waals surface area contributed by atoms with Crippen molar-refractivity contribution in [1.82, 2.24) is 34.1 Å². The number of hydrogen-bond acceptors (Lipinski definition) is 6. The predicted molar refractivity (Wildman–Crippen MR) is 157 cm³/mol. The Labute approximate surface area is 259 Å². The van der Waals surface area contributed by atoms with Crippen LogP contribution in [0.25, 0.3) is 34.0 Å². The Bertz CT molecular complexity index is 1530. The Hall–Kier alpha value is -4.21. The van der Waals surface area contributed by atoms with Crippen LogP contribution in [0.5, 0.6) is 0 Å². The van der Waals surface area contributed by atoms with Gasteiger partial charge in [0.1, 0.15) is 0 Å². The van der Waals surface area contributed by atoms with Crippen molar-refractivity contribution < 1.29 is 30.3 Å². The second-order valence-electron chi connectivity index (χ2n) is 9.12. The maximum Gasteiger partial charge on any atom is 3.00 e. The molecule has 0 aliphatic rings. The van der Waals surface area contributed by atoms with E-state index in [-0.39, 0.29) is 33.3 Å². The molecule has 0 atom stereocenters. The third kappa shape index (κ3) is 8.18. The van der Waals surface area contributed by atoms with Gasteiger partial charge in [-0.3, -0.25) is 15.0 Å². The third-order valence-electron chi connectivity index (χ3n) is 6.31. The normalized spacial score (nSPS) is 10.1. The summed E-state index contributed by atoms with van der Waals surface area (Å²) in [6.07, 6.45) is 8.93. The van der Waals surface area contributed by atoms with Gasteiger partial charge in [0.25, 0.3) is 0 Å². The quantitative estimate of drug-likeness (QED) is 0.251. The monoisotopic (exact) mass is 739 g/mol. The zero-order valence-electron chi connectivity index (χ0n) is 23.9. The molecule has 0 fully saturated rings. The van der Waals surface area contributed by atoms with Crippen molar-refractivity contribution in [2.45, 2.75) is 27.1 Å². The summed E-state index contributed by atoms with van der Waals surface area (Å²) in [5, 5.41) is 18.4. The first-order valence-corrected chi connectivity index (χ1v) is 13.0. The molecule has 0 saturated heterocycles. The minimum Gasteiger partial charge on any atom is -0.441 e. The van der Waals surface area contributed by atoms with Crippen molar-refractivity contribution >= 4 is 0 Å². The van der Waals surface area contributed by atoms with Crippen molar-refractivity contribution in [3.8, 4) is 34.0 Å². The largest absolute Gasteiger partial charge is 3.00 e. The van der Waals surface area contributed by atoms with Crippen molar-refractivity contribution in [2.24, 2.45) is 14.1 Å². The second-order valence-corrected chi connectivity index (χ2v) is 9.12. The van der Waals surface area contributed by atoms with Gasteiger partial charge in [0.15, 0.2) is 0 Å². The molecule has 0 spiro atoms. The Morgan fingerprint density at radius 3 is 1.64 bits per heavy atom. The first-order valence-electron chi connectivity index (χ1n) is 13.0. The maximum atomic E-state index is 9.20. The number of aromatic nitrogens is 7. The Kier molecular flexibility index (Phi) is 12.1. The first-order chi connectivity index (χ1) is 19.9. The molecule has 216 valence electrons. The number of aliphatic hydroxyl groups excluding tert-OH is 2. The number of rotatable bonds is 5. The van der Waals surface area contributed by atoms with Gasteiger partial charge in [0.2, 0.25) is 0 Å². The molecule has 2 aromatic carbocycles. The predicted octanol–water partition coefficient (Wildman–Crippen LogP) is 4.47. The zero-order valence-corrected chi connectivity index (χ0v) is 26.3. The summed E-state index contributed by atoms with van der Waals surface area (Å²) < 4.78 is 3.91. The number of pyridine rings is 1. The van der Waals surface area contributed by atoms with Crippen LogP contribution < -0.4 is 4.98 Å². The van der Waals surface area contributed by atoms with E-state index in [0.29, 0.717) is 5.82 Å². The number of aliphatic hydroxyl groups is 2. The van der Waals surface area contributed by atoms with Gasteiger partial charge in [-0.2, -0.15) is 0 Å². The average Bonchev–Trinajstić information content (AvgIpc) is 3.75. The third-order valence-corrected chi connectivity index (χ3v) is 6.31. The molecule has 6 aromatic rings. The van der Waals surface area contributed by atoms with E-state index in [1.54, 1.807) is 18.6 Å². The fourth-order valence-electron chi connectivity index (χ4n) is 3.91. The molecule has 4 aromatic heterocycles. The topological polar surface area (TPSA) is 116 Å². The fourth-order valence-corrected chi connectivity index (χ4v) is 3.91. The SMILES string of the molecule is Cc1nc(-c2[c-]cccc2CO)cn1C.Cc1nc(-c2[c-]cccc2CO)cn1C.[Ir+3].c1ccc(-c2ncc[n-]2)nc1. The van der Waals surface area contributed by atoms with E-state index in [0.717, 1.165) is 51.0 Å². The molecule has 0 unspecified atom stereocenters. The number of benzene rings is 2. The van der Waals surface area contributed by atoms with Gasteiger partial charge in [0, 0.05) is 44.9 Å². The number of nitrogens with zero attached hydrogens (tertiary/aromatic N) is 7. The van der Waals surface area contributed by atoms with Gasteiger partial charge in [-0.1, -0.05) is 18.5 Å². The van der Waals surface area contributed by atoms with Gasteiger partial charge in [-0.05, 0) is 44.2 Å². The van der Waals surface area contributed by atoms with Crippen LogP contribution >= 0.6 is 0 Å². The molecule has 0 amide bonds. The Morgan fingerprint density at radius 1 is 0.714 bits per heavy atom. The summed E-state index contributed by atoms with van der Waals surface area (Å²) >= 11 is 0. The molecule has 42 heavy (non-hydrogen) atoms. The van der Waals surface area contributed by atoms with Crippen molar-refractivity contribution in [2.75, 3.05) is 0 Å². The molecule has 10 heteroatoms. The minimum absolute atomic E-state index is 0. The summed E-state index contributed by atoms with van der Waals surface area (Å²) in [4.78, 5) is 20.9. The molecule has 0 bridgehead atoms. The molecule has 0 saturated carbocycles. The number of aryl methyl sites for hydroxylation is 4. The molecular formula is C32H32IrN7O2. The van der Waals surface area contributed by atoms with Gasteiger partial charge in [-0.15, -0.1) is 70.8 Å². The van der Waals surface area contributed by atoms with Crippen LogP contribution in [0.1, 0.15) is 22.8 Å². The fraction of sp³-hybridized carbons (Fsp3) is 0.188. The average molecular weight is 739 g/mol. The zero-order chi connectivity index (χ0) is 29.2. The van der Waals surface area contributed by atoms with Crippen LogP contribution in [0.3, 0.4) is 0 Å². The molecule has 9 nitrogen and oxygen atoms in total. The number of imidazole rings is 3. The molecule has 0 aliphatic heterocycles. The van der Waals surface area contributed by atoms with Crippen molar-refractivity contribution in [3.63, 3.8) is 0 Å².